The Morgan fingerprint density at radius 1 is 0.816 bits per heavy atom. The number of hydrogen-bond donors (Lipinski definition) is 0. The van der Waals surface area contributed by atoms with Crippen LogP contribution in [0, 0.1) is 11.8 Å². The number of allylic oxidation sites excluding steroid dienone is 2. The summed E-state index contributed by atoms with van der Waals surface area (Å²) in [4.78, 5) is 0. The Morgan fingerprint density at radius 2 is 1.63 bits per heavy atom. The Hall–Kier alpha value is -2.86. The van der Waals surface area contributed by atoms with Gasteiger partial charge in [0, 0.05) is 0 Å². The maximum atomic E-state index is 4.60. The number of hydrogen-bond acceptors (Lipinski definition) is 0. The van der Waals surface area contributed by atoms with Gasteiger partial charge in [0.2, 0.25) is 0 Å². The topological polar surface area (TPSA) is 0 Å². The molecule has 0 aliphatic heterocycles. The van der Waals surface area contributed by atoms with E-state index in [9.17, 15) is 0 Å². The van der Waals surface area contributed by atoms with Gasteiger partial charge in [-0.3, -0.25) is 0 Å². The standard InChI is InChI=1S/C38H44/c1-3-28-18-20-31(21-19-28)27(2)34-15-7-10-29(23-34)22-30-24-35(32-11-5-4-6-12-32)26-36(25-30)38-17-9-14-33-13-8-16-37(33)38/h7-10,14-17,23-26,28,31-32H,2-6,11-13,18-22H2,1H3. The van der Waals surface area contributed by atoms with Crippen LogP contribution in [0.4, 0.5) is 0 Å². The van der Waals surface area contributed by atoms with Crippen LogP contribution in [0.15, 0.2) is 73.3 Å². The SMILES string of the molecule is C=C(c1cccc(Cc2cc(-c3cccc4c3C=CC4)cc(C3CCCCC3)c2)c1)C1CCC(CC)CC1. The van der Waals surface area contributed by atoms with Crippen molar-refractivity contribution in [1.82, 2.24) is 0 Å². The second-order valence-electron chi connectivity index (χ2n) is 12.3. The van der Waals surface area contributed by atoms with E-state index < -0.39 is 0 Å². The molecule has 0 heteroatoms. The van der Waals surface area contributed by atoms with Crippen LogP contribution < -0.4 is 0 Å². The maximum absolute atomic E-state index is 4.60. The fraction of sp³-hybridized carbons (Fsp3) is 0.421. The van der Waals surface area contributed by atoms with Crippen LogP contribution in [-0.4, -0.2) is 0 Å². The van der Waals surface area contributed by atoms with E-state index in [1.165, 1.54) is 109 Å². The normalized spacial score (nSPS) is 21.4. The van der Waals surface area contributed by atoms with Gasteiger partial charge in [0.1, 0.15) is 0 Å². The van der Waals surface area contributed by atoms with E-state index in [0.29, 0.717) is 11.8 Å². The van der Waals surface area contributed by atoms with E-state index in [2.05, 4.69) is 86.3 Å². The number of benzene rings is 3. The minimum atomic E-state index is 0.655. The first-order valence-electron chi connectivity index (χ1n) is 15.4. The van der Waals surface area contributed by atoms with E-state index in [4.69, 9.17) is 0 Å². The van der Waals surface area contributed by atoms with Crippen molar-refractivity contribution in [2.75, 3.05) is 0 Å². The average molecular weight is 501 g/mol. The van der Waals surface area contributed by atoms with Crippen LogP contribution >= 0.6 is 0 Å². The van der Waals surface area contributed by atoms with Crippen molar-refractivity contribution in [3.05, 3.63) is 107 Å². The Morgan fingerprint density at radius 3 is 2.45 bits per heavy atom. The molecule has 2 fully saturated rings. The molecule has 3 aliphatic carbocycles. The van der Waals surface area contributed by atoms with Crippen molar-refractivity contribution >= 4 is 11.6 Å². The number of fused-ring (bicyclic) bond motifs is 1. The first-order chi connectivity index (χ1) is 18.7. The summed E-state index contributed by atoms with van der Waals surface area (Å²) in [7, 11) is 0. The molecule has 0 atom stereocenters. The molecule has 0 radical (unpaired) electrons. The smallest absolute Gasteiger partial charge is 0.00252 e. The molecule has 0 N–H and O–H groups in total. The lowest BCUT2D eigenvalue weighted by Gasteiger charge is -2.29. The summed E-state index contributed by atoms with van der Waals surface area (Å²) in [6.45, 7) is 6.95. The first kappa shape index (κ1) is 25.4. The molecule has 0 nitrogen and oxygen atoms in total. The molecular formula is C38H44. The van der Waals surface area contributed by atoms with Gasteiger partial charge in [-0.25, -0.2) is 0 Å². The highest BCUT2D eigenvalue weighted by molar-refractivity contribution is 5.80. The van der Waals surface area contributed by atoms with Gasteiger partial charge in [0.15, 0.2) is 0 Å². The van der Waals surface area contributed by atoms with Crippen molar-refractivity contribution < 1.29 is 0 Å². The van der Waals surface area contributed by atoms with Gasteiger partial charge in [-0.05, 0) is 119 Å². The fourth-order valence-corrected chi connectivity index (χ4v) is 7.46. The fourth-order valence-electron chi connectivity index (χ4n) is 7.46. The quantitative estimate of drug-likeness (QED) is 0.302. The number of rotatable bonds is 7. The van der Waals surface area contributed by atoms with Gasteiger partial charge in [0.05, 0.1) is 0 Å². The Bertz CT molecular complexity index is 1310. The molecule has 2 saturated carbocycles. The van der Waals surface area contributed by atoms with Crippen LogP contribution in [0.5, 0.6) is 0 Å². The summed E-state index contributed by atoms with van der Waals surface area (Å²) in [5, 5.41) is 0. The van der Waals surface area contributed by atoms with Crippen LogP contribution in [-0.2, 0) is 12.8 Å². The summed E-state index contributed by atoms with van der Waals surface area (Å²) in [6.07, 6.45) is 20.2. The minimum Gasteiger partial charge on any atom is -0.0950 e. The Labute approximate surface area is 230 Å². The van der Waals surface area contributed by atoms with Crippen LogP contribution in [0.2, 0.25) is 0 Å². The first-order valence-corrected chi connectivity index (χ1v) is 15.4. The third-order valence-corrected chi connectivity index (χ3v) is 9.84. The lowest BCUT2D eigenvalue weighted by molar-refractivity contribution is 0.309. The van der Waals surface area contributed by atoms with Gasteiger partial charge < -0.3 is 0 Å². The van der Waals surface area contributed by atoms with Crippen molar-refractivity contribution in [3.8, 4) is 11.1 Å². The Balaban J connectivity index is 1.29. The van der Waals surface area contributed by atoms with E-state index in [1.807, 2.05) is 0 Å². The van der Waals surface area contributed by atoms with E-state index in [1.54, 1.807) is 5.56 Å². The molecule has 0 spiro atoms. The third kappa shape index (κ3) is 5.47. The molecular weight excluding hydrogens is 456 g/mol. The summed E-state index contributed by atoms with van der Waals surface area (Å²) >= 11 is 0. The summed E-state index contributed by atoms with van der Waals surface area (Å²) in [5.74, 6) is 2.29. The third-order valence-electron chi connectivity index (χ3n) is 9.84. The van der Waals surface area contributed by atoms with E-state index in [-0.39, 0.29) is 0 Å². The minimum absolute atomic E-state index is 0.655. The molecule has 6 rings (SSSR count). The molecule has 3 aromatic carbocycles. The average Bonchev–Trinajstić information content (AvgIpc) is 3.47. The second-order valence-corrected chi connectivity index (χ2v) is 12.3. The largest absolute Gasteiger partial charge is 0.0950 e. The van der Waals surface area contributed by atoms with Crippen LogP contribution in [0.3, 0.4) is 0 Å². The van der Waals surface area contributed by atoms with Gasteiger partial charge in [-0.1, -0.05) is 112 Å². The lowest BCUT2D eigenvalue weighted by Crippen LogP contribution is -2.15. The van der Waals surface area contributed by atoms with Gasteiger partial charge in [-0.2, -0.15) is 0 Å². The molecule has 3 aromatic rings. The molecule has 0 bridgehead atoms. The zero-order chi connectivity index (χ0) is 25.9. The van der Waals surface area contributed by atoms with E-state index >= 15 is 0 Å². The second kappa shape index (κ2) is 11.5. The highest BCUT2D eigenvalue weighted by atomic mass is 14.3. The molecule has 0 aromatic heterocycles. The monoisotopic (exact) mass is 500 g/mol. The van der Waals surface area contributed by atoms with Crippen molar-refractivity contribution in [2.24, 2.45) is 11.8 Å². The molecule has 0 heterocycles. The van der Waals surface area contributed by atoms with Crippen molar-refractivity contribution in [1.29, 1.82) is 0 Å². The van der Waals surface area contributed by atoms with Crippen molar-refractivity contribution in [2.45, 2.75) is 89.9 Å². The summed E-state index contributed by atoms with van der Waals surface area (Å²) < 4.78 is 0. The lowest BCUT2D eigenvalue weighted by atomic mass is 9.76. The van der Waals surface area contributed by atoms with Crippen LogP contribution in [0.25, 0.3) is 22.8 Å². The van der Waals surface area contributed by atoms with Gasteiger partial charge in [0.25, 0.3) is 0 Å². The molecule has 38 heavy (non-hydrogen) atoms. The maximum Gasteiger partial charge on any atom is -0.00252 e. The van der Waals surface area contributed by atoms with Crippen LogP contribution in [0.1, 0.15) is 110 Å². The van der Waals surface area contributed by atoms with E-state index in [0.717, 1.165) is 18.8 Å². The molecule has 0 saturated heterocycles. The highest BCUT2D eigenvalue weighted by Crippen LogP contribution is 2.40. The Kier molecular flexibility index (Phi) is 7.68. The molecule has 196 valence electrons. The molecule has 0 unspecified atom stereocenters. The molecule has 3 aliphatic rings. The zero-order valence-electron chi connectivity index (χ0n) is 23.4. The summed E-state index contributed by atoms with van der Waals surface area (Å²) in [5.41, 5.74) is 12.8. The molecule has 0 amide bonds. The van der Waals surface area contributed by atoms with Crippen molar-refractivity contribution in [3.63, 3.8) is 0 Å². The predicted molar refractivity (Wildman–Crippen MR) is 164 cm³/mol. The highest BCUT2D eigenvalue weighted by Gasteiger charge is 2.23. The van der Waals surface area contributed by atoms with Gasteiger partial charge >= 0.3 is 0 Å². The zero-order valence-corrected chi connectivity index (χ0v) is 23.4. The summed E-state index contributed by atoms with van der Waals surface area (Å²) in [6, 6.07) is 23.7. The predicted octanol–water partition coefficient (Wildman–Crippen LogP) is 10.8. The van der Waals surface area contributed by atoms with Gasteiger partial charge in [-0.15, -0.1) is 0 Å².